The van der Waals surface area contributed by atoms with E-state index in [9.17, 15) is 24.6 Å². The molecule has 2 rings (SSSR count). The number of phenols is 1. The van der Waals surface area contributed by atoms with Crippen molar-refractivity contribution < 1.29 is 34.1 Å². The molecule has 0 spiro atoms. The molecule has 9 nitrogen and oxygen atoms in total. The number of carbonyl (C=O) groups is 3. The van der Waals surface area contributed by atoms with Gasteiger partial charge >= 0.3 is 18.0 Å². The van der Waals surface area contributed by atoms with Gasteiger partial charge in [-0.15, -0.1) is 0 Å². The highest BCUT2D eigenvalue weighted by Crippen LogP contribution is 2.29. The van der Waals surface area contributed by atoms with E-state index in [0.717, 1.165) is 0 Å². The number of aromatic amines is 1. The number of esters is 1. The number of hydrogen-bond donors (Lipinski definition) is 4. The normalized spacial score (nSPS) is 13.0. The van der Waals surface area contributed by atoms with Crippen LogP contribution in [0.1, 0.15) is 57.6 Å². The summed E-state index contributed by atoms with van der Waals surface area (Å²) >= 11 is 0. The van der Waals surface area contributed by atoms with E-state index >= 15 is 0 Å². The van der Waals surface area contributed by atoms with Gasteiger partial charge < -0.3 is 30.0 Å². The lowest BCUT2D eigenvalue weighted by Gasteiger charge is -2.22. The first-order valence-corrected chi connectivity index (χ1v) is 9.45. The molecular formula is C21H28N2O7. The third-order valence-corrected chi connectivity index (χ3v) is 3.89. The molecule has 0 aliphatic carbocycles. The van der Waals surface area contributed by atoms with Gasteiger partial charge in [0.1, 0.15) is 28.7 Å². The Morgan fingerprint density at radius 2 is 1.67 bits per heavy atom. The molecule has 0 aliphatic heterocycles. The first kappa shape index (κ1) is 23.1. The van der Waals surface area contributed by atoms with Crippen LogP contribution in [0.15, 0.2) is 18.2 Å². The Labute approximate surface area is 174 Å². The zero-order chi connectivity index (χ0) is 22.9. The average molecular weight is 420 g/mol. The topological polar surface area (TPSA) is 138 Å². The van der Waals surface area contributed by atoms with Crippen LogP contribution < -0.4 is 5.32 Å². The molecule has 0 fully saturated rings. The summed E-state index contributed by atoms with van der Waals surface area (Å²) in [6.45, 7) is 10.1. The van der Waals surface area contributed by atoms with E-state index in [1.807, 2.05) is 0 Å². The predicted octanol–water partition coefficient (Wildman–Crippen LogP) is 3.35. The van der Waals surface area contributed by atoms with Crippen molar-refractivity contribution in [2.75, 3.05) is 0 Å². The van der Waals surface area contributed by atoms with Crippen molar-refractivity contribution in [2.45, 2.75) is 65.2 Å². The minimum absolute atomic E-state index is 0.0505. The summed E-state index contributed by atoms with van der Waals surface area (Å²) in [6, 6.07) is 3.05. The summed E-state index contributed by atoms with van der Waals surface area (Å²) in [4.78, 5) is 39.5. The first-order chi connectivity index (χ1) is 13.7. The lowest BCUT2D eigenvalue weighted by atomic mass is 10.0. The third kappa shape index (κ3) is 6.13. The standard InChI is InChI=1S/C21H28N2O7/c1-20(2,3)29-18(27)16-13(12-9-11(24)7-8-14(12)22-16)10-15(17(25)26)23-19(28)30-21(4,5)6/h7-9,15,22,24H,10H2,1-6H3,(H,23,28)(H,25,26)/t15-/m0/s1. The van der Waals surface area contributed by atoms with Crippen LogP contribution in [-0.2, 0) is 20.7 Å². The van der Waals surface area contributed by atoms with Crippen molar-refractivity contribution in [2.24, 2.45) is 0 Å². The maximum absolute atomic E-state index is 12.7. The zero-order valence-electron chi connectivity index (χ0n) is 18.0. The number of benzene rings is 1. The second-order valence-electron chi connectivity index (χ2n) is 8.95. The minimum Gasteiger partial charge on any atom is -0.508 e. The molecule has 0 bridgehead atoms. The Morgan fingerprint density at radius 1 is 1.07 bits per heavy atom. The maximum atomic E-state index is 12.7. The number of carboxylic acid groups (broad SMARTS) is 1. The summed E-state index contributed by atoms with van der Waals surface area (Å²) < 4.78 is 10.6. The van der Waals surface area contributed by atoms with Crippen molar-refractivity contribution in [1.82, 2.24) is 10.3 Å². The molecule has 0 unspecified atom stereocenters. The number of ether oxygens (including phenoxy) is 2. The molecule has 0 aliphatic rings. The number of amides is 1. The van der Waals surface area contributed by atoms with Crippen LogP contribution in [0.2, 0.25) is 0 Å². The zero-order valence-corrected chi connectivity index (χ0v) is 18.0. The molecule has 1 amide bonds. The summed E-state index contributed by atoms with van der Waals surface area (Å²) in [6.07, 6.45) is -1.12. The van der Waals surface area contributed by atoms with E-state index in [0.29, 0.717) is 16.5 Å². The number of carbonyl (C=O) groups excluding carboxylic acids is 2. The monoisotopic (exact) mass is 420 g/mol. The Morgan fingerprint density at radius 3 is 2.20 bits per heavy atom. The van der Waals surface area contributed by atoms with Crippen LogP contribution in [0, 0.1) is 0 Å². The molecule has 30 heavy (non-hydrogen) atoms. The molecule has 0 saturated heterocycles. The van der Waals surface area contributed by atoms with Crippen molar-refractivity contribution in [3.05, 3.63) is 29.5 Å². The van der Waals surface area contributed by atoms with E-state index in [2.05, 4.69) is 10.3 Å². The van der Waals surface area contributed by atoms with Gasteiger partial charge in [-0.05, 0) is 65.3 Å². The van der Waals surface area contributed by atoms with Gasteiger partial charge in [-0.3, -0.25) is 0 Å². The summed E-state index contributed by atoms with van der Waals surface area (Å²) in [5.41, 5.74) is -0.692. The number of rotatable bonds is 5. The summed E-state index contributed by atoms with van der Waals surface area (Å²) in [5.74, 6) is -2.02. The molecule has 1 heterocycles. The van der Waals surface area contributed by atoms with Gasteiger partial charge in [-0.25, -0.2) is 14.4 Å². The van der Waals surface area contributed by atoms with Crippen LogP contribution in [0.5, 0.6) is 5.75 Å². The lowest BCUT2D eigenvalue weighted by molar-refractivity contribution is -0.139. The second-order valence-corrected chi connectivity index (χ2v) is 8.95. The van der Waals surface area contributed by atoms with Crippen molar-refractivity contribution in [3.63, 3.8) is 0 Å². The first-order valence-electron chi connectivity index (χ1n) is 9.45. The van der Waals surface area contributed by atoms with E-state index in [1.165, 1.54) is 12.1 Å². The summed E-state index contributed by atoms with van der Waals surface area (Å²) in [7, 11) is 0. The number of carboxylic acids is 1. The third-order valence-electron chi connectivity index (χ3n) is 3.89. The number of fused-ring (bicyclic) bond motifs is 1. The molecular weight excluding hydrogens is 392 g/mol. The van der Waals surface area contributed by atoms with E-state index < -0.39 is 35.3 Å². The number of aromatic nitrogens is 1. The van der Waals surface area contributed by atoms with Crippen LogP contribution in [0.25, 0.3) is 10.9 Å². The highest BCUT2D eigenvalue weighted by atomic mass is 16.6. The second kappa shape index (κ2) is 8.25. The van der Waals surface area contributed by atoms with Crippen molar-refractivity contribution in [1.29, 1.82) is 0 Å². The Hall–Kier alpha value is -3.23. The highest BCUT2D eigenvalue weighted by molar-refractivity contribution is 5.99. The van der Waals surface area contributed by atoms with Crippen LogP contribution in [0.3, 0.4) is 0 Å². The fourth-order valence-electron chi connectivity index (χ4n) is 2.81. The number of phenolic OH excluding ortho intramolecular Hbond substituents is 1. The number of aliphatic carboxylic acids is 1. The molecule has 164 valence electrons. The van der Waals surface area contributed by atoms with Gasteiger partial charge in [0.15, 0.2) is 0 Å². The smallest absolute Gasteiger partial charge is 0.408 e. The Bertz CT molecular complexity index is 964. The summed E-state index contributed by atoms with van der Waals surface area (Å²) in [5, 5.41) is 22.3. The maximum Gasteiger partial charge on any atom is 0.408 e. The van der Waals surface area contributed by atoms with Gasteiger partial charge in [0, 0.05) is 17.3 Å². The number of hydrogen-bond acceptors (Lipinski definition) is 6. The molecule has 2 aromatic rings. The molecule has 1 aromatic heterocycles. The SMILES string of the molecule is CC(C)(C)OC(=O)N[C@@H](Cc1c(C(=O)OC(C)(C)C)[nH]c2ccc(O)cc12)C(=O)O. The molecule has 4 N–H and O–H groups in total. The van der Waals surface area contributed by atoms with Crippen LogP contribution >= 0.6 is 0 Å². The predicted molar refractivity (Wildman–Crippen MR) is 110 cm³/mol. The van der Waals surface area contributed by atoms with Gasteiger partial charge in [0.05, 0.1) is 0 Å². The number of alkyl carbamates (subject to hydrolysis) is 1. The molecule has 0 radical (unpaired) electrons. The Kier molecular flexibility index (Phi) is 6.34. The highest BCUT2D eigenvalue weighted by Gasteiger charge is 2.30. The molecule has 1 atom stereocenters. The fraction of sp³-hybridized carbons (Fsp3) is 0.476. The van der Waals surface area contributed by atoms with Gasteiger partial charge in [0.2, 0.25) is 0 Å². The largest absolute Gasteiger partial charge is 0.508 e. The van der Waals surface area contributed by atoms with E-state index in [4.69, 9.17) is 9.47 Å². The number of H-pyrrole nitrogens is 1. The number of aromatic hydroxyl groups is 1. The van der Waals surface area contributed by atoms with Gasteiger partial charge in [-0.1, -0.05) is 0 Å². The molecule has 9 heteroatoms. The quantitative estimate of drug-likeness (QED) is 0.544. The fourth-order valence-corrected chi connectivity index (χ4v) is 2.81. The Balaban J connectivity index is 2.45. The van der Waals surface area contributed by atoms with Crippen molar-refractivity contribution in [3.8, 4) is 5.75 Å². The molecule has 1 aromatic carbocycles. The lowest BCUT2D eigenvalue weighted by Crippen LogP contribution is -2.44. The van der Waals surface area contributed by atoms with E-state index in [1.54, 1.807) is 47.6 Å². The average Bonchev–Trinajstić information content (AvgIpc) is 2.89. The van der Waals surface area contributed by atoms with Gasteiger partial charge in [0.25, 0.3) is 0 Å². The van der Waals surface area contributed by atoms with Crippen LogP contribution in [0.4, 0.5) is 4.79 Å². The van der Waals surface area contributed by atoms with Crippen molar-refractivity contribution >= 4 is 28.9 Å². The molecule has 0 saturated carbocycles. The van der Waals surface area contributed by atoms with Gasteiger partial charge in [-0.2, -0.15) is 0 Å². The van der Waals surface area contributed by atoms with Crippen LogP contribution in [-0.4, -0.2) is 50.5 Å². The minimum atomic E-state index is -1.37. The van der Waals surface area contributed by atoms with E-state index in [-0.39, 0.29) is 17.9 Å². The number of nitrogens with one attached hydrogen (secondary N) is 2.